The molecule has 4 aromatic heterocycles. The second kappa shape index (κ2) is 19.7. The maximum atomic E-state index is 16.9. The van der Waals surface area contributed by atoms with Crippen molar-refractivity contribution in [2.75, 3.05) is 33.9 Å². The quantitative estimate of drug-likeness (QED) is 0.0916. The lowest BCUT2D eigenvalue weighted by Crippen LogP contribution is -2.54. The third-order valence-corrected chi connectivity index (χ3v) is 16.0. The Kier molecular flexibility index (Phi) is 13.4. The Morgan fingerprint density at radius 3 is 2.17 bits per heavy atom. The fraction of sp³-hybridized carbons (Fsp3) is 0.472. The number of alkyl carbamates (subject to hydrolysis) is 2. The van der Waals surface area contributed by atoms with Gasteiger partial charge in [-0.25, -0.2) is 23.9 Å². The molecular formula is C53H62FN9O8S. The molecule has 4 amide bonds. The number of benzene rings is 2. The zero-order chi connectivity index (χ0) is 50.6. The average molecular weight is 1000 g/mol. The number of fused-ring (bicyclic) bond motifs is 5. The van der Waals surface area contributed by atoms with Gasteiger partial charge in [0.25, 0.3) is 0 Å². The summed E-state index contributed by atoms with van der Waals surface area (Å²) in [7, 11) is 2.57. The molecule has 4 N–H and O–H groups in total. The summed E-state index contributed by atoms with van der Waals surface area (Å²) in [6, 6.07) is 13.4. The maximum Gasteiger partial charge on any atom is 0.407 e. The lowest BCUT2D eigenvalue weighted by atomic mass is 9.82. The maximum absolute atomic E-state index is 16.9. The van der Waals surface area contributed by atoms with Crippen molar-refractivity contribution in [1.82, 2.24) is 44.9 Å². The zero-order valence-electron chi connectivity index (χ0n) is 41.7. The molecule has 19 heteroatoms. The topological polar surface area (TPSA) is 198 Å². The Morgan fingerprint density at radius 2 is 1.53 bits per heavy atom. The minimum absolute atomic E-state index is 0.129. The van der Waals surface area contributed by atoms with Gasteiger partial charge in [-0.3, -0.25) is 14.2 Å². The van der Waals surface area contributed by atoms with Crippen molar-refractivity contribution < 1.29 is 42.5 Å². The first-order valence-electron chi connectivity index (χ1n) is 24.9. The van der Waals surface area contributed by atoms with Gasteiger partial charge < -0.3 is 49.3 Å². The average Bonchev–Trinajstić information content (AvgIpc) is 4.23. The second-order valence-corrected chi connectivity index (χ2v) is 21.4. The molecular weight excluding hydrogens is 942 g/mol. The van der Waals surface area contributed by atoms with Crippen molar-refractivity contribution in [3.05, 3.63) is 88.1 Å². The Balaban J connectivity index is 0.945. The van der Waals surface area contributed by atoms with E-state index in [9.17, 15) is 19.2 Å². The van der Waals surface area contributed by atoms with Crippen LogP contribution in [0.15, 0.2) is 60.9 Å². The number of aryl methyl sites for hydroxylation is 1. The van der Waals surface area contributed by atoms with Crippen molar-refractivity contribution in [3.8, 4) is 39.5 Å². The van der Waals surface area contributed by atoms with Crippen LogP contribution >= 0.6 is 11.3 Å². The number of hydrogen-bond acceptors (Lipinski definition) is 11. The molecule has 0 spiro atoms. The highest BCUT2D eigenvalue weighted by Gasteiger charge is 2.43. The van der Waals surface area contributed by atoms with Crippen LogP contribution < -0.4 is 15.4 Å². The number of aromatic amines is 2. The van der Waals surface area contributed by atoms with E-state index in [4.69, 9.17) is 28.9 Å². The number of ether oxygens (including phenoxy) is 4. The molecule has 17 nitrogen and oxygen atoms in total. The summed E-state index contributed by atoms with van der Waals surface area (Å²) in [5.74, 6) is 0.469. The molecule has 380 valence electrons. The number of H-pyrrole nitrogens is 2. The van der Waals surface area contributed by atoms with Crippen LogP contribution in [0.5, 0.6) is 5.75 Å². The number of rotatable bonds is 12. The van der Waals surface area contributed by atoms with Crippen LogP contribution in [0.2, 0.25) is 0 Å². The predicted molar refractivity (Wildman–Crippen MR) is 269 cm³/mol. The summed E-state index contributed by atoms with van der Waals surface area (Å²) >= 11 is 1.66. The SMILES string of the molecule is CCc1ccc(C2Oc3cc(-c4cnc([C@@H]5CCCN5C(=O)[C@@H](NC(=O)OC)C(C)C)[nH]4)cc(F)c3-c3cc4cc(-c5cnc([C@@H]6CCCN6C(=O)[C@H](NC(=O)OC)C6CCOC(C)(C)C6)[nH]5)ccc4n32)s1. The molecule has 6 atom stereocenters. The number of likely N-dealkylation sites (tertiary alicyclic amines) is 2. The molecule has 4 aliphatic heterocycles. The summed E-state index contributed by atoms with van der Waals surface area (Å²) in [5, 5.41) is 6.42. The number of methoxy groups -OCH3 is 2. The van der Waals surface area contributed by atoms with E-state index in [1.54, 1.807) is 28.6 Å². The van der Waals surface area contributed by atoms with E-state index in [0.29, 0.717) is 85.3 Å². The lowest BCUT2D eigenvalue weighted by molar-refractivity contribution is -0.139. The number of amides is 4. The number of nitrogens with zero attached hydrogens (tertiary/aromatic N) is 5. The number of carbonyl (C=O) groups is 4. The monoisotopic (exact) mass is 1000 g/mol. The second-order valence-electron chi connectivity index (χ2n) is 20.2. The molecule has 4 aliphatic rings. The van der Waals surface area contributed by atoms with Crippen molar-refractivity contribution in [1.29, 1.82) is 0 Å². The third kappa shape index (κ3) is 9.20. The smallest absolute Gasteiger partial charge is 0.407 e. The highest BCUT2D eigenvalue weighted by atomic mass is 32.1. The van der Waals surface area contributed by atoms with Gasteiger partial charge in [-0.1, -0.05) is 26.8 Å². The molecule has 0 radical (unpaired) electrons. The summed E-state index contributed by atoms with van der Waals surface area (Å²) in [4.78, 5) is 75.2. The summed E-state index contributed by atoms with van der Waals surface area (Å²) in [5.41, 5.74) is 4.19. The highest BCUT2D eigenvalue weighted by molar-refractivity contribution is 7.12. The fourth-order valence-electron chi connectivity index (χ4n) is 11.1. The van der Waals surface area contributed by atoms with Crippen LogP contribution in [0.3, 0.4) is 0 Å². The van der Waals surface area contributed by atoms with Gasteiger partial charge in [0.1, 0.15) is 35.3 Å². The molecule has 2 unspecified atom stereocenters. The lowest BCUT2D eigenvalue weighted by Gasteiger charge is -2.40. The van der Waals surface area contributed by atoms with Crippen molar-refractivity contribution in [3.63, 3.8) is 0 Å². The minimum Gasteiger partial charge on any atom is -0.464 e. The number of hydrogen-bond donors (Lipinski definition) is 4. The van der Waals surface area contributed by atoms with E-state index in [1.807, 2.05) is 56.9 Å². The van der Waals surface area contributed by atoms with Crippen LogP contribution in [-0.4, -0.2) is 110 Å². The fourth-order valence-corrected chi connectivity index (χ4v) is 12.1. The highest BCUT2D eigenvalue weighted by Crippen LogP contribution is 2.48. The molecule has 2 aromatic carbocycles. The Labute approximate surface area is 421 Å². The third-order valence-electron chi connectivity index (χ3n) is 14.7. The van der Waals surface area contributed by atoms with Gasteiger partial charge in [-0.2, -0.15) is 0 Å². The van der Waals surface area contributed by atoms with Gasteiger partial charge in [0.05, 0.1) is 77.3 Å². The molecule has 3 saturated heterocycles. The van der Waals surface area contributed by atoms with Crippen molar-refractivity contribution >= 4 is 46.2 Å². The molecule has 0 aliphatic carbocycles. The van der Waals surface area contributed by atoms with E-state index >= 15 is 4.39 Å². The van der Waals surface area contributed by atoms with Crippen molar-refractivity contribution in [2.45, 2.75) is 116 Å². The van der Waals surface area contributed by atoms with Crippen LogP contribution in [0, 0.1) is 17.7 Å². The Bertz CT molecular complexity index is 3030. The molecule has 0 saturated carbocycles. The van der Waals surface area contributed by atoms with E-state index < -0.39 is 41.9 Å². The number of nitrogens with one attached hydrogen (secondary N) is 4. The number of aromatic nitrogens is 5. The van der Waals surface area contributed by atoms with Gasteiger partial charge in [-0.15, -0.1) is 11.3 Å². The first-order valence-corrected chi connectivity index (χ1v) is 25.8. The van der Waals surface area contributed by atoms with Gasteiger partial charge in [-0.05, 0) is 113 Å². The molecule has 8 heterocycles. The number of carbonyl (C=O) groups excluding carboxylic acids is 4. The van der Waals surface area contributed by atoms with Gasteiger partial charge >= 0.3 is 12.2 Å². The molecule has 0 bridgehead atoms. The summed E-state index contributed by atoms with van der Waals surface area (Å²) in [6.45, 7) is 11.4. The van der Waals surface area contributed by atoms with Crippen LogP contribution in [0.4, 0.5) is 14.0 Å². The van der Waals surface area contributed by atoms with Crippen LogP contribution in [0.1, 0.15) is 113 Å². The molecule has 10 rings (SSSR count). The Hall–Kier alpha value is -6.73. The number of thiophene rings is 1. The zero-order valence-corrected chi connectivity index (χ0v) is 42.5. The van der Waals surface area contributed by atoms with E-state index in [2.05, 4.69) is 50.3 Å². The van der Waals surface area contributed by atoms with Gasteiger partial charge in [0, 0.05) is 41.1 Å². The van der Waals surface area contributed by atoms with Gasteiger partial charge in [0.15, 0.2) is 0 Å². The molecule has 3 fully saturated rings. The predicted octanol–water partition coefficient (Wildman–Crippen LogP) is 9.43. The van der Waals surface area contributed by atoms with Crippen LogP contribution in [-0.2, 0) is 30.2 Å². The molecule has 72 heavy (non-hydrogen) atoms. The first-order chi connectivity index (χ1) is 34.6. The Morgan fingerprint density at radius 1 is 0.861 bits per heavy atom. The van der Waals surface area contributed by atoms with Gasteiger partial charge in [0.2, 0.25) is 18.0 Å². The minimum atomic E-state index is -0.774. The number of halogens is 1. The summed E-state index contributed by atoms with van der Waals surface area (Å²) in [6.07, 6.45) is 6.57. The molecule has 6 aromatic rings. The standard InChI is InChI=1S/C53H62FN9O8S/c1-8-33-14-16-42(72-33)50-63-37-15-13-29(35-26-55-46(57-35)39-12-10-19-62(39)49(65)45(60-52(67)69-7)30-17-20-70-53(4,5)25-30)21-32(37)23-40(63)43-34(54)22-31(24-41(43)71-50)36-27-56-47(58-36)38-11-9-18-61(38)48(64)44(28(2)3)59-51(66)68-6/h13-16,21-24,26-28,30,38-39,44-45,50H,8-12,17-20,25H2,1-7H3,(H,55,57)(H,56,58)(H,59,66)(H,60,67)/t30?,38-,39-,44-,45+,50?/m0/s1. The van der Waals surface area contributed by atoms with Crippen LogP contribution in [0.25, 0.3) is 44.7 Å². The largest absolute Gasteiger partial charge is 0.464 e. The first kappa shape index (κ1) is 48.9. The normalized spacial score (nSPS) is 21.2. The van der Waals surface area contributed by atoms with Crippen molar-refractivity contribution in [2.24, 2.45) is 11.8 Å². The van der Waals surface area contributed by atoms with E-state index in [1.165, 1.54) is 25.2 Å². The number of imidazole rings is 2. The van der Waals surface area contributed by atoms with E-state index in [0.717, 1.165) is 46.3 Å². The summed E-state index contributed by atoms with van der Waals surface area (Å²) < 4.78 is 41.6. The van der Waals surface area contributed by atoms with E-state index in [-0.39, 0.29) is 35.7 Å².